The lowest BCUT2D eigenvalue weighted by molar-refractivity contribution is -0.0504. The van der Waals surface area contributed by atoms with E-state index in [4.69, 9.17) is 4.74 Å². The summed E-state index contributed by atoms with van der Waals surface area (Å²) in [5.74, 6) is 4.68. The molecule has 4 aromatic rings. The van der Waals surface area contributed by atoms with Gasteiger partial charge in [0.15, 0.2) is 5.69 Å². The Bertz CT molecular complexity index is 1980. The summed E-state index contributed by atoms with van der Waals surface area (Å²) in [5.41, 5.74) is 3.81. The molecule has 8 aliphatic rings. The minimum atomic E-state index is -0.467. The first-order chi connectivity index (χ1) is 25.7. The summed E-state index contributed by atoms with van der Waals surface area (Å²) in [6.07, 6.45) is 19.5. The first kappa shape index (κ1) is 34.5. The highest BCUT2D eigenvalue weighted by molar-refractivity contribution is 5.94. The number of fused-ring (bicyclic) bond motifs is 2. The van der Waals surface area contributed by atoms with Crippen molar-refractivity contribution >= 4 is 29.1 Å². The average Bonchev–Trinajstić information content (AvgIpc) is 3.77. The number of aliphatic hydroxyl groups is 1. The molecule has 8 aliphatic carbocycles. The third-order valence-electron chi connectivity index (χ3n) is 13.7. The van der Waals surface area contributed by atoms with Crippen molar-refractivity contribution in [2.24, 2.45) is 46.3 Å². The van der Waals surface area contributed by atoms with Crippen molar-refractivity contribution in [2.75, 3.05) is 19.7 Å². The maximum absolute atomic E-state index is 13.0. The number of esters is 1. The number of nitrogens with one attached hydrogen (secondary N) is 2. The van der Waals surface area contributed by atoms with Gasteiger partial charge in [-0.1, -0.05) is 12.1 Å². The number of amides is 2. The number of aromatic nitrogens is 4. The number of carbonyl (C=O) groups is 3. The van der Waals surface area contributed by atoms with Crippen LogP contribution in [0.25, 0.3) is 11.3 Å². The van der Waals surface area contributed by atoms with Crippen LogP contribution in [0.4, 0.5) is 0 Å². The number of nitrogens with zero attached hydrogens (tertiary/aromatic N) is 4. The molecule has 0 atom stereocenters. The summed E-state index contributed by atoms with van der Waals surface area (Å²) < 4.78 is 8.49. The largest absolute Gasteiger partial charge is 0.461 e. The molecule has 3 N–H and O–H groups in total. The lowest BCUT2D eigenvalue weighted by Crippen LogP contribution is -2.51. The van der Waals surface area contributed by atoms with E-state index < -0.39 is 5.97 Å². The number of imidazole rings is 2. The highest BCUT2D eigenvalue weighted by Crippen LogP contribution is 2.60. The van der Waals surface area contributed by atoms with Gasteiger partial charge in [0, 0.05) is 25.5 Å². The van der Waals surface area contributed by atoms with Crippen LogP contribution in [-0.2, 0) is 11.3 Å². The zero-order valence-electron chi connectivity index (χ0n) is 30.8. The van der Waals surface area contributed by atoms with Crippen molar-refractivity contribution in [1.82, 2.24) is 29.4 Å². The minimum Gasteiger partial charge on any atom is -0.461 e. The molecule has 11 heteroatoms. The Morgan fingerprint density at radius 2 is 1.13 bits per heavy atom. The summed E-state index contributed by atoms with van der Waals surface area (Å²) in [7, 11) is 0. The van der Waals surface area contributed by atoms with Crippen molar-refractivity contribution in [3.63, 3.8) is 0 Å². The molecule has 0 aliphatic heterocycles. The molecule has 0 radical (unpaired) electrons. The second-order valence-corrected chi connectivity index (χ2v) is 17.7. The molecule has 280 valence electrons. The van der Waals surface area contributed by atoms with Gasteiger partial charge in [0.25, 0.3) is 11.8 Å². The van der Waals surface area contributed by atoms with Crippen LogP contribution < -0.4 is 10.6 Å². The van der Waals surface area contributed by atoms with Crippen LogP contribution in [-0.4, -0.2) is 61.4 Å². The minimum absolute atomic E-state index is 0.0387. The van der Waals surface area contributed by atoms with E-state index in [1.54, 1.807) is 46.3 Å². The molecular weight excluding hydrogens is 668 g/mol. The molecule has 0 saturated heterocycles. The number of aliphatic hydroxyl groups excluding tert-OH is 1. The lowest BCUT2D eigenvalue weighted by Gasteiger charge is -2.56. The second-order valence-electron chi connectivity index (χ2n) is 17.7. The summed E-state index contributed by atoms with van der Waals surface area (Å²) in [4.78, 5) is 46.4. The molecule has 2 amide bonds. The van der Waals surface area contributed by atoms with Crippen LogP contribution in [0, 0.1) is 46.3 Å². The number of hydrogen-bond acceptors (Lipinski definition) is 7. The van der Waals surface area contributed by atoms with Crippen LogP contribution in [0.15, 0.2) is 48.8 Å². The fraction of sp³-hybridized carbons (Fsp3) is 0.595. The molecule has 8 bridgehead atoms. The van der Waals surface area contributed by atoms with Crippen LogP contribution in [0.5, 0.6) is 0 Å². The van der Waals surface area contributed by atoms with E-state index in [-0.39, 0.29) is 24.1 Å². The maximum Gasteiger partial charge on any atom is 0.358 e. The molecule has 0 aromatic carbocycles. The fourth-order valence-electron chi connectivity index (χ4n) is 12.6. The number of carbonyl (C=O) groups excluding carboxylic acids is 3. The van der Waals surface area contributed by atoms with Crippen LogP contribution in [0.1, 0.15) is 121 Å². The highest BCUT2D eigenvalue weighted by Gasteiger charge is 2.52. The molecule has 0 unspecified atom stereocenters. The third kappa shape index (κ3) is 6.63. The van der Waals surface area contributed by atoms with Gasteiger partial charge < -0.3 is 20.5 Å². The SMILES string of the molecule is CCOC(=O)c1cn2c(C(=O)NCC34CC5CC(CC(C5)C3)C4)cccc2n1.O=C(NCC12CC3CC(CC(C3)C1)C2)c1cccc2nc(CO)cn12. The first-order valence-corrected chi connectivity index (χ1v) is 20.0. The predicted molar refractivity (Wildman–Crippen MR) is 198 cm³/mol. The molecule has 4 aromatic heterocycles. The summed E-state index contributed by atoms with van der Waals surface area (Å²) in [5, 5.41) is 15.7. The average molecular weight is 721 g/mol. The third-order valence-corrected chi connectivity index (χ3v) is 13.7. The van der Waals surface area contributed by atoms with E-state index in [0.717, 1.165) is 48.6 Å². The maximum atomic E-state index is 13.0. The van der Waals surface area contributed by atoms with Crippen molar-refractivity contribution in [3.05, 3.63) is 71.6 Å². The number of ether oxygens (including phenoxy) is 1. The predicted octanol–water partition coefficient (Wildman–Crippen LogP) is 6.23. The number of hydrogen-bond donors (Lipinski definition) is 3. The zero-order valence-corrected chi connectivity index (χ0v) is 30.8. The summed E-state index contributed by atoms with van der Waals surface area (Å²) in [6.45, 7) is 3.50. The van der Waals surface area contributed by atoms with E-state index in [0.29, 0.717) is 45.8 Å². The molecule has 8 saturated carbocycles. The van der Waals surface area contributed by atoms with E-state index in [1.165, 1.54) is 77.0 Å². The van der Waals surface area contributed by atoms with Gasteiger partial charge in [-0.3, -0.25) is 18.4 Å². The highest BCUT2D eigenvalue weighted by atomic mass is 16.5. The molecule has 8 fully saturated rings. The smallest absolute Gasteiger partial charge is 0.358 e. The Labute approximate surface area is 310 Å². The number of pyridine rings is 2. The molecule has 12 rings (SSSR count). The van der Waals surface area contributed by atoms with Crippen molar-refractivity contribution in [3.8, 4) is 0 Å². The van der Waals surface area contributed by atoms with Gasteiger partial charge in [-0.05, 0) is 155 Å². The lowest BCUT2D eigenvalue weighted by atomic mass is 9.49. The Morgan fingerprint density at radius 3 is 1.57 bits per heavy atom. The summed E-state index contributed by atoms with van der Waals surface area (Å²) >= 11 is 0. The van der Waals surface area contributed by atoms with Gasteiger partial charge in [0.05, 0.1) is 18.9 Å². The Hall–Kier alpha value is -4.25. The van der Waals surface area contributed by atoms with E-state index in [2.05, 4.69) is 20.6 Å². The molecule has 53 heavy (non-hydrogen) atoms. The van der Waals surface area contributed by atoms with Crippen LogP contribution in [0.3, 0.4) is 0 Å². The molecule has 0 spiro atoms. The van der Waals surface area contributed by atoms with Crippen LogP contribution in [0.2, 0.25) is 0 Å². The topological polar surface area (TPSA) is 139 Å². The first-order valence-electron chi connectivity index (χ1n) is 20.0. The van der Waals surface area contributed by atoms with Crippen molar-refractivity contribution in [1.29, 1.82) is 0 Å². The molecule has 4 heterocycles. The molecular formula is C42H52N6O5. The Balaban J connectivity index is 0.000000141. The van der Waals surface area contributed by atoms with E-state index in [1.807, 2.05) is 18.2 Å². The van der Waals surface area contributed by atoms with Gasteiger partial charge in [-0.25, -0.2) is 14.8 Å². The van der Waals surface area contributed by atoms with Gasteiger partial charge in [-0.15, -0.1) is 0 Å². The van der Waals surface area contributed by atoms with Crippen LogP contribution >= 0.6 is 0 Å². The quantitative estimate of drug-likeness (QED) is 0.174. The van der Waals surface area contributed by atoms with E-state index in [9.17, 15) is 19.5 Å². The van der Waals surface area contributed by atoms with Crippen molar-refractivity contribution in [2.45, 2.75) is 90.6 Å². The van der Waals surface area contributed by atoms with Gasteiger partial charge in [0.1, 0.15) is 22.7 Å². The standard InChI is InChI=1S/C22H27N3O3.C20H25N3O2/c1-2-28-21(27)17-12-25-18(4-3-5-19(25)24-17)20(26)23-13-22-9-14-6-15(10-22)8-16(7-14)11-22;24-11-16-10-23-17(2-1-3-18(23)22-16)19(25)21-12-20-7-13-4-14(8-20)6-15(5-13)9-20/h3-5,12,14-16H,2,6-11,13H2,1H3,(H,23,26);1-3,10,13-15,24H,4-9,11-12H2,(H,21,25). The van der Waals surface area contributed by atoms with Gasteiger partial charge >= 0.3 is 5.97 Å². The van der Waals surface area contributed by atoms with Crippen molar-refractivity contribution < 1.29 is 24.2 Å². The Kier molecular flexibility index (Phi) is 8.83. The second kappa shape index (κ2) is 13.6. The normalized spacial score (nSPS) is 31.7. The number of rotatable bonds is 9. The fourth-order valence-corrected chi connectivity index (χ4v) is 12.6. The Morgan fingerprint density at radius 1 is 0.698 bits per heavy atom. The zero-order chi connectivity index (χ0) is 36.3. The monoisotopic (exact) mass is 720 g/mol. The summed E-state index contributed by atoms with van der Waals surface area (Å²) in [6, 6.07) is 10.9. The van der Waals surface area contributed by atoms with Gasteiger partial charge in [-0.2, -0.15) is 0 Å². The van der Waals surface area contributed by atoms with E-state index >= 15 is 0 Å². The molecule has 11 nitrogen and oxygen atoms in total. The van der Waals surface area contributed by atoms with Gasteiger partial charge in [0.2, 0.25) is 0 Å².